The molecular weight excluding hydrogens is 447 g/mol. The van der Waals surface area contributed by atoms with Crippen LogP contribution in [0, 0.1) is 13.8 Å². The van der Waals surface area contributed by atoms with E-state index in [9.17, 15) is 13.2 Å². The third-order valence-corrected chi connectivity index (χ3v) is 7.62. The molecule has 2 aromatic rings. The predicted octanol–water partition coefficient (Wildman–Crippen LogP) is 4.55. The van der Waals surface area contributed by atoms with E-state index in [-0.39, 0.29) is 22.1 Å². The van der Waals surface area contributed by atoms with Gasteiger partial charge < -0.3 is 5.11 Å². The van der Waals surface area contributed by atoms with Crippen molar-refractivity contribution in [1.82, 2.24) is 9.78 Å². The number of carboxylic acid groups (broad SMARTS) is 1. The first-order valence-electron chi connectivity index (χ1n) is 9.37. The number of sulfone groups is 1. The molecule has 160 valence electrons. The molecule has 1 aliphatic rings. The zero-order valence-corrected chi connectivity index (χ0v) is 19.0. The number of hydrogen-bond acceptors (Lipinski definition) is 4. The highest BCUT2D eigenvalue weighted by molar-refractivity contribution is 7.91. The van der Waals surface area contributed by atoms with Crippen LogP contribution in [0.3, 0.4) is 0 Å². The van der Waals surface area contributed by atoms with Crippen molar-refractivity contribution in [3.63, 3.8) is 0 Å². The van der Waals surface area contributed by atoms with Crippen LogP contribution in [0.1, 0.15) is 29.8 Å². The van der Waals surface area contributed by atoms with Gasteiger partial charge in [-0.05, 0) is 50.5 Å². The third-order valence-electron chi connectivity index (χ3n) is 5.16. The summed E-state index contributed by atoms with van der Waals surface area (Å²) in [5, 5.41) is 14.1. The van der Waals surface area contributed by atoms with Crippen molar-refractivity contribution >= 4 is 39.0 Å². The van der Waals surface area contributed by atoms with E-state index in [2.05, 4.69) is 5.10 Å². The largest absolute Gasteiger partial charge is 0.481 e. The molecule has 0 spiro atoms. The summed E-state index contributed by atoms with van der Waals surface area (Å²) in [6.07, 6.45) is 5.07. The Kier molecular flexibility index (Phi) is 6.75. The molecule has 1 aromatic heterocycles. The van der Waals surface area contributed by atoms with Gasteiger partial charge >= 0.3 is 5.97 Å². The topological polar surface area (TPSA) is 89.3 Å². The summed E-state index contributed by atoms with van der Waals surface area (Å²) in [7, 11) is -3.51. The number of rotatable bonds is 7. The summed E-state index contributed by atoms with van der Waals surface area (Å²) < 4.78 is 27.2. The lowest BCUT2D eigenvalue weighted by Gasteiger charge is -2.16. The maximum Gasteiger partial charge on any atom is 0.307 e. The average Bonchev–Trinajstić information content (AvgIpc) is 2.92. The Morgan fingerprint density at radius 2 is 1.80 bits per heavy atom. The fraction of sp³-hybridized carbons (Fsp3) is 0.333. The van der Waals surface area contributed by atoms with Crippen molar-refractivity contribution in [3.8, 4) is 0 Å². The zero-order valence-electron chi connectivity index (χ0n) is 16.7. The Bertz CT molecular complexity index is 1160. The number of hydrogen-bond donors (Lipinski definition) is 1. The molecule has 0 amide bonds. The molecule has 0 saturated heterocycles. The van der Waals surface area contributed by atoms with Crippen LogP contribution in [0.15, 0.2) is 46.4 Å². The fourth-order valence-electron chi connectivity index (χ4n) is 3.46. The maximum atomic E-state index is 12.7. The van der Waals surface area contributed by atoms with Crippen molar-refractivity contribution in [2.24, 2.45) is 0 Å². The molecule has 0 unspecified atom stereocenters. The molecule has 1 aromatic carbocycles. The summed E-state index contributed by atoms with van der Waals surface area (Å²) >= 11 is 11.8. The average molecular weight is 469 g/mol. The Hall–Kier alpha value is -2.09. The minimum atomic E-state index is -3.51. The number of benzene rings is 1. The number of nitrogens with zero attached hydrogens (tertiary/aromatic N) is 2. The second-order valence-corrected chi connectivity index (χ2v) is 10.2. The smallest absolute Gasteiger partial charge is 0.307 e. The SMILES string of the molecule is Cc1nn(CC2=CC=C(CS(=O)(=O)c3ccc(Cl)c(Cl)c3)CC2)c(C)c1CC(=O)O. The van der Waals surface area contributed by atoms with E-state index in [4.69, 9.17) is 28.3 Å². The molecule has 6 nitrogen and oxygen atoms in total. The number of carbonyl (C=O) groups is 1. The summed E-state index contributed by atoms with van der Waals surface area (Å²) in [4.78, 5) is 11.2. The first-order chi connectivity index (χ1) is 14.1. The van der Waals surface area contributed by atoms with E-state index in [1.807, 2.05) is 30.7 Å². The second-order valence-electron chi connectivity index (χ2n) is 7.36. The zero-order chi connectivity index (χ0) is 22.1. The number of aliphatic carboxylic acids is 1. The van der Waals surface area contributed by atoms with Crippen molar-refractivity contribution in [3.05, 3.63) is 68.5 Å². The van der Waals surface area contributed by atoms with E-state index in [0.29, 0.717) is 18.0 Å². The summed E-state index contributed by atoms with van der Waals surface area (Å²) in [6.45, 7) is 4.23. The first-order valence-corrected chi connectivity index (χ1v) is 11.8. The van der Waals surface area contributed by atoms with Gasteiger partial charge in [0.1, 0.15) is 0 Å². The van der Waals surface area contributed by atoms with Crippen LogP contribution in [-0.4, -0.2) is 35.0 Å². The Labute approximate surface area is 185 Å². The Morgan fingerprint density at radius 1 is 1.13 bits per heavy atom. The molecule has 0 aliphatic heterocycles. The van der Waals surface area contributed by atoms with Crippen LogP contribution in [0.2, 0.25) is 10.0 Å². The van der Waals surface area contributed by atoms with Crippen molar-refractivity contribution in [2.75, 3.05) is 5.75 Å². The fourth-order valence-corrected chi connectivity index (χ4v) is 5.29. The monoisotopic (exact) mass is 468 g/mol. The van der Waals surface area contributed by atoms with Crippen LogP contribution in [0.4, 0.5) is 0 Å². The number of aromatic nitrogens is 2. The van der Waals surface area contributed by atoms with Gasteiger partial charge in [0.05, 0.1) is 39.4 Å². The van der Waals surface area contributed by atoms with Crippen LogP contribution in [-0.2, 0) is 27.6 Å². The predicted molar refractivity (Wildman–Crippen MR) is 117 cm³/mol. The van der Waals surface area contributed by atoms with Crippen molar-refractivity contribution in [2.45, 2.75) is 44.6 Å². The standard InChI is InChI=1S/C21H22Cl2N2O4S/c1-13-18(10-21(26)27)14(2)25(24-13)11-15-3-5-16(6-4-15)12-30(28,29)17-7-8-19(22)20(23)9-17/h3,5,7-9H,4,6,10-12H2,1-2H3,(H,26,27). The molecule has 0 saturated carbocycles. The van der Waals surface area contributed by atoms with E-state index < -0.39 is 15.8 Å². The number of carboxylic acids is 1. The highest BCUT2D eigenvalue weighted by atomic mass is 35.5. The van der Waals surface area contributed by atoms with E-state index in [1.165, 1.54) is 18.2 Å². The quantitative estimate of drug-likeness (QED) is 0.643. The molecule has 0 fully saturated rings. The summed E-state index contributed by atoms with van der Waals surface area (Å²) in [5.41, 5.74) is 4.23. The van der Waals surface area contributed by atoms with Crippen molar-refractivity contribution < 1.29 is 18.3 Å². The molecule has 9 heteroatoms. The highest BCUT2D eigenvalue weighted by Gasteiger charge is 2.20. The van der Waals surface area contributed by atoms with Crippen LogP contribution < -0.4 is 0 Å². The maximum absolute atomic E-state index is 12.7. The van der Waals surface area contributed by atoms with Gasteiger partial charge in [0, 0.05) is 11.3 Å². The molecule has 0 atom stereocenters. The van der Waals surface area contributed by atoms with E-state index in [0.717, 1.165) is 34.5 Å². The number of halogens is 2. The van der Waals surface area contributed by atoms with Gasteiger partial charge in [0.2, 0.25) is 0 Å². The minimum Gasteiger partial charge on any atom is -0.481 e. The van der Waals surface area contributed by atoms with Gasteiger partial charge in [-0.15, -0.1) is 0 Å². The Balaban J connectivity index is 1.73. The molecular formula is C21H22Cl2N2O4S. The normalized spacial score (nSPS) is 14.4. The van der Waals surface area contributed by atoms with Crippen LogP contribution in [0.25, 0.3) is 0 Å². The lowest BCUT2D eigenvalue weighted by Crippen LogP contribution is -2.12. The van der Waals surface area contributed by atoms with Crippen LogP contribution in [0.5, 0.6) is 0 Å². The third kappa shape index (κ3) is 5.14. The van der Waals surface area contributed by atoms with Gasteiger partial charge in [-0.25, -0.2) is 8.42 Å². The number of allylic oxidation sites excluding steroid dienone is 3. The van der Waals surface area contributed by atoms with Crippen molar-refractivity contribution in [1.29, 1.82) is 0 Å². The summed E-state index contributed by atoms with van der Waals surface area (Å²) in [6, 6.07) is 4.32. The molecule has 1 N–H and O–H groups in total. The molecule has 30 heavy (non-hydrogen) atoms. The van der Waals surface area contributed by atoms with Gasteiger partial charge in [-0.2, -0.15) is 5.10 Å². The van der Waals surface area contributed by atoms with E-state index >= 15 is 0 Å². The molecule has 1 heterocycles. The molecule has 0 bridgehead atoms. The van der Waals surface area contributed by atoms with Gasteiger partial charge in [0.15, 0.2) is 9.84 Å². The van der Waals surface area contributed by atoms with Gasteiger partial charge in [0.25, 0.3) is 0 Å². The molecule has 1 aliphatic carbocycles. The van der Waals surface area contributed by atoms with E-state index in [1.54, 1.807) is 0 Å². The minimum absolute atomic E-state index is 0.0483. The Morgan fingerprint density at radius 3 is 2.40 bits per heavy atom. The molecule has 0 radical (unpaired) electrons. The second kappa shape index (κ2) is 8.96. The summed E-state index contributed by atoms with van der Waals surface area (Å²) in [5.74, 6) is -0.953. The molecule has 3 rings (SSSR count). The first kappa shape index (κ1) is 22.6. The highest BCUT2D eigenvalue weighted by Crippen LogP contribution is 2.28. The van der Waals surface area contributed by atoms with Gasteiger partial charge in [-0.1, -0.05) is 40.9 Å². The lowest BCUT2D eigenvalue weighted by atomic mass is 9.99. The number of aryl methyl sites for hydroxylation is 1. The van der Waals surface area contributed by atoms with Crippen LogP contribution >= 0.6 is 23.2 Å². The van der Waals surface area contributed by atoms with Gasteiger partial charge in [-0.3, -0.25) is 9.48 Å². The lowest BCUT2D eigenvalue weighted by molar-refractivity contribution is -0.136.